The van der Waals surface area contributed by atoms with Crippen LogP contribution in [0.2, 0.25) is 5.15 Å². The van der Waals surface area contributed by atoms with Gasteiger partial charge in [-0.15, -0.1) is 0 Å². The van der Waals surface area contributed by atoms with Crippen LogP contribution in [0.15, 0.2) is 12.1 Å². The molecule has 1 N–H and O–H groups in total. The van der Waals surface area contributed by atoms with Gasteiger partial charge in [-0.2, -0.15) is 0 Å². The second-order valence-electron chi connectivity index (χ2n) is 3.14. The predicted octanol–water partition coefficient (Wildman–Crippen LogP) is 1.90. The monoisotopic (exact) mass is 264 g/mol. The first kappa shape index (κ1) is 13.1. The van der Waals surface area contributed by atoms with Gasteiger partial charge >= 0.3 is 0 Å². The number of ether oxygens (including phenoxy) is 1. The molecular formula is C9H13ClN2O3S. The van der Waals surface area contributed by atoms with Gasteiger partial charge in [-0.25, -0.2) is 13.4 Å². The molecule has 0 saturated carbocycles. The molecule has 0 bridgehead atoms. The number of aromatic nitrogens is 1. The normalized spacial score (nSPS) is 11.2. The zero-order valence-corrected chi connectivity index (χ0v) is 10.6. The first-order valence-corrected chi connectivity index (χ1v) is 6.72. The first-order chi connectivity index (χ1) is 7.46. The molecule has 1 heterocycles. The van der Waals surface area contributed by atoms with E-state index in [-0.39, 0.29) is 16.7 Å². The highest BCUT2D eigenvalue weighted by Crippen LogP contribution is 2.21. The standard InChI is InChI=1S/C9H13ClN2O3S/c1-3-4-16(13,14)12-9-6-7(15-2)5-8(10)11-9/h5-6H,3-4H2,1-2H3,(H,11,12). The Labute approximate surface area is 99.8 Å². The van der Waals surface area contributed by atoms with E-state index in [4.69, 9.17) is 16.3 Å². The number of methoxy groups -OCH3 is 1. The Morgan fingerprint density at radius 2 is 2.19 bits per heavy atom. The minimum atomic E-state index is -3.35. The van der Waals surface area contributed by atoms with E-state index in [0.29, 0.717) is 12.2 Å². The summed E-state index contributed by atoms with van der Waals surface area (Å²) >= 11 is 5.71. The summed E-state index contributed by atoms with van der Waals surface area (Å²) in [5.74, 6) is 0.663. The van der Waals surface area contributed by atoms with Crippen molar-refractivity contribution >= 4 is 27.4 Å². The molecule has 0 radical (unpaired) electrons. The van der Waals surface area contributed by atoms with Crippen molar-refractivity contribution < 1.29 is 13.2 Å². The Morgan fingerprint density at radius 3 is 2.75 bits per heavy atom. The average molecular weight is 265 g/mol. The van der Waals surface area contributed by atoms with Crippen molar-refractivity contribution in [3.05, 3.63) is 17.3 Å². The topological polar surface area (TPSA) is 68.3 Å². The van der Waals surface area contributed by atoms with Crippen LogP contribution in [0.1, 0.15) is 13.3 Å². The minimum Gasteiger partial charge on any atom is -0.497 e. The van der Waals surface area contributed by atoms with Crippen LogP contribution >= 0.6 is 11.6 Å². The summed E-state index contributed by atoms with van der Waals surface area (Å²) in [7, 11) is -1.88. The third-order valence-electron chi connectivity index (χ3n) is 1.74. The fourth-order valence-corrected chi connectivity index (χ4v) is 2.38. The maximum Gasteiger partial charge on any atom is 0.233 e. The Bertz CT molecular complexity index is 462. The largest absolute Gasteiger partial charge is 0.497 e. The minimum absolute atomic E-state index is 0.0451. The van der Waals surface area contributed by atoms with E-state index in [0.717, 1.165) is 0 Å². The van der Waals surface area contributed by atoms with Gasteiger partial charge in [0, 0.05) is 12.1 Å². The lowest BCUT2D eigenvalue weighted by molar-refractivity contribution is 0.414. The molecule has 0 fully saturated rings. The summed E-state index contributed by atoms with van der Waals surface area (Å²) in [5, 5.41) is 0.175. The van der Waals surface area contributed by atoms with Crippen LogP contribution in [0.4, 0.5) is 5.82 Å². The van der Waals surface area contributed by atoms with Gasteiger partial charge in [0.1, 0.15) is 16.7 Å². The van der Waals surface area contributed by atoms with Gasteiger partial charge in [0.2, 0.25) is 10.0 Å². The van der Waals surface area contributed by atoms with Crippen LogP contribution in [-0.2, 0) is 10.0 Å². The predicted molar refractivity (Wildman–Crippen MR) is 63.5 cm³/mol. The highest BCUT2D eigenvalue weighted by molar-refractivity contribution is 7.92. The fourth-order valence-electron chi connectivity index (χ4n) is 1.12. The third-order valence-corrected chi connectivity index (χ3v) is 3.40. The molecule has 0 aliphatic carbocycles. The van der Waals surface area contributed by atoms with E-state index in [1.165, 1.54) is 19.2 Å². The summed E-state index contributed by atoms with van der Waals surface area (Å²) in [6.07, 6.45) is 0.535. The second kappa shape index (κ2) is 5.36. The highest BCUT2D eigenvalue weighted by Gasteiger charge is 2.11. The van der Waals surface area contributed by atoms with Crippen LogP contribution in [0, 0.1) is 0 Å². The molecule has 16 heavy (non-hydrogen) atoms. The van der Waals surface area contributed by atoms with Crippen molar-refractivity contribution in [2.45, 2.75) is 13.3 Å². The third kappa shape index (κ3) is 3.86. The van der Waals surface area contributed by atoms with Crippen molar-refractivity contribution in [3.8, 4) is 5.75 Å². The first-order valence-electron chi connectivity index (χ1n) is 4.69. The Morgan fingerprint density at radius 1 is 1.50 bits per heavy atom. The van der Waals surface area contributed by atoms with Crippen LogP contribution in [-0.4, -0.2) is 26.3 Å². The molecule has 0 spiro atoms. The van der Waals surface area contributed by atoms with Gasteiger partial charge in [0.05, 0.1) is 12.9 Å². The lowest BCUT2D eigenvalue weighted by Crippen LogP contribution is -2.16. The second-order valence-corrected chi connectivity index (χ2v) is 5.36. The molecular weight excluding hydrogens is 252 g/mol. The van der Waals surface area contributed by atoms with E-state index in [1.807, 2.05) is 0 Å². The molecule has 1 rings (SSSR count). The number of nitrogens with one attached hydrogen (secondary N) is 1. The Balaban J connectivity index is 2.93. The van der Waals surface area contributed by atoms with Gasteiger partial charge < -0.3 is 4.74 Å². The van der Waals surface area contributed by atoms with Gasteiger partial charge in [-0.3, -0.25) is 4.72 Å². The SMILES string of the molecule is CCCS(=O)(=O)Nc1cc(OC)cc(Cl)n1. The number of rotatable bonds is 5. The lowest BCUT2D eigenvalue weighted by Gasteiger charge is -2.08. The number of hydrogen-bond acceptors (Lipinski definition) is 4. The van der Waals surface area contributed by atoms with Crippen molar-refractivity contribution in [2.24, 2.45) is 0 Å². The summed E-state index contributed by atoms with van der Waals surface area (Å²) in [6, 6.07) is 2.97. The molecule has 0 aliphatic heterocycles. The lowest BCUT2D eigenvalue weighted by atomic mass is 10.4. The zero-order valence-electron chi connectivity index (χ0n) is 9.03. The van der Waals surface area contributed by atoms with Crippen LogP contribution in [0.5, 0.6) is 5.75 Å². The van der Waals surface area contributed by atoms with Gasteiger partial charge in [0.25, 0.3) is 0 Å². The number of pyridine rings is 1. The number of sulfonamides is 1. The molecule has 5 nitrogen and oxygen atoms in total. The van der Waals surface area contributed by atoms with E-state index < -0.39 is 10.0 Å². The molecule has 1 aromatic heterocycles. The van der Waals surface area contributed by atoms with Crippen LogP contribution in [0.3, 0.4) is 0 Å². The van der Waals surface area contributed by atoms with Crippen molar-refractivity contribution in [2.75, 3.05) is 17.6 Å². The molecule has 0 saturated heterocycles. The van der Waals surface area contributed by atoms with Gasteiger partial charge in [0.15, 0.2) is 0 Å². The maximum atomic E-state index is 11.5. The number of nitrogens with zero attached hydrogens (tertiary/aromatic N) is 1. The maximum absolute atomic E-state index is 11.5. The number of halogens is 1. The summed E-state index contributed by atoms with van der Waals surface area (Å²) < 4.78 is 30.2. The average Bonchev–Trinajstić information content (AvgIpc) is 2.15. The molecule has 0 atom stereocenters. The van der Waals surface area contributed by atoms with Crippen molar-refractivity contribution in [1.29, 1.82) is 0 Å². The quantitative estimate of drug-likeness (QED) is 0.825. The van der Waals surface area contributed by atoms with E-state index >= 15 is 0 Å². The summed E-state index contributed by atoms with van der Waals surface area (Å²) in [5.41, 5.74) is 0. The van der Waals surface area contributed by atoms with Crippen LogP contribution in [0.25, 0.3) is 0 Å². The number of anilines is 1. The molecule has 1 aromatic rings. The molecule has 7 heteroatoms. The van der Waals surface area contributed by atoms with E-state index in [9.17, 15) is 8.42 Å². The summed E-state index contributed by atoms with van der Waals surface area (Å²) in [6.45, 7) is 1.78. The summed E-state index contributed by atoms with van der Waals surface area (Å²) in [4.78, 5) is 3.84. The highest BCUT2D eigenvalue weighted by atomic mass is 35.5. The molecule has 90 valence electrons. The van der Waals surface area contributed by atoms with Crippen molar-refractivity contribution in [1.82, 2.24) is 4.98 Å². The smallest absolute Gasteiger partial charge is 0.233 e. The van der Waals surface area contributed by atoms with Crippen LogP contribution < -0.4 is 9.46 Å². The van der Waals surface area contributed by atoms with E-state index in [2.05, 4.69) is 9.71 Å². The van der Waals surface area contributed by atoms with Gasteiger partial charge in [-0.05, 0) is 6.42 Å². The van der Waals surface area contributed by atoms with Gasteiger partial charge in [-0.1, -0.05) is 18.5 Å². The fraction of sp³-hybridized carbons (Fsp3) is 0.444. The molecule has 0 aromatic carbocycles. The number of hydrogen-bond donors (Lipinski definition) is 1. The van der Waals surface area contributed by atoms with Crippen molar-refractivity contribution in [3.63, 3.8) is 0 Å². The molecule has 0 unspecified atom stereocenters. The Kier molecular flexibility index (Phi) is 4.37. The zero-order chi connectivity index (χ0) is 12.2. The Hall–Kier alpha value is -1.01. The molecule has 0 aliphatic rings. The molecule has 0 amide bonds. The van der Waals surface area contributed by atoms with E-state index in [1.54, 1.807) is 6.92 Å².